The fourth-order valence-corrected chi connectivity index (χ4v) is 3.64. The van der Waals surface area contributed by atoms with E-state index in [2.05, 4.69) is 0 Å². The Balaban J connectivity index is 1.54. The van der Waals surface area contributed by atoms with Crippen molar-refractivity contribution in [3.63, 3.8) is 0 Å². The number of hydrogen-bond acceptors (Lipinski definition) is 3. The fraction of sp³-hybridized carbons (Fsp3) is 0.529. The van der Waals surface area contributed by atoms with Crippen LogP contribution in [0, 0.1) is 17.8 Å². The van der Waals surface area contributed by atoms with Gasteiger partial charge in [-0.3, -0.25) is 0 Å². The molecule has 1 aromatic rings. The van der Waals surface area contributed by atoms with Gasteiger partial charge < -0.3 is 14.4 Å². The first-order valence-corrected chi connectivity index (χ1v) is 7.69. The number of nitrogens with zero attached hydrogens (tertiary/aromatic N) is 1. The number of piperidine rings is 1. The summed E-state index contributed by atoms with van der Waals surface area (Å²) >= 11 is 0. The van der Waals surface area contributed by atoms with Crippen molar-refractivity contribution in [1.29, 1.82) is 0 Å². The van der Waals surface area contributed by atoms with Gasteiger partial charge in [-0.2, -0.15) is 0 Å². The normalized spacial score (nSPS) is 28.0. The van der Waals surface area contributed by atoms with Crippen LogP contribution in [-0.2, 0) is 16.1 Å². The summed E-state index contributed by atoms with van der Waals surface area (Å²) in [6, 6.07) is 9.69. The summed E-state index contributed by atoms with van der Waals surface area (Å²) in [5, 5.41) is 0. The van der Waals surface area contributed by atoms with Crippen molar-refractivity contribution in [2.75, 3.05) is 13.1 Å². The average molecular weight is 287 g/mol. The topological polar surface area (TPSA) is 46.6 Å². The molecular weight excluding hydrogens is 266 g/mol. The highest BCUT2D eigenvalue weighted by Gasteiger charge is 2.41. The Hall–Kier alpha value is -1.84. The quantitative estimate of drug-likeness (QED) is 0.803. The van der Waals surface area contributed by atoms with Crippen molar-refractivity contribution in [2.45, 2.75) is 25.9 Å². The van der Waals surface area contributed by atoms with Crippen LogP contribution in [0.15, 0.2) is 30.3 Å². The van der Waals surface area contributed by atoms with E-state index in [4.69, 9.17) is 4.74 Å². The van der Waals surface area contributed by atoms with E-state index in [9.17, 15) is 9.59 Å². The Morgan fingerprint density at radius 2 is 2.05 bits per heavy atom. The third-order valence-corrected chi connectivity index (χ3v) is 4.87. The number of carbonyl (C=O) groups excluding carboxylic acids is 2. The van der Waals surface area contributed by atoms with E-state index in [0.29, 0.717) is 25.0 Å². The van der Waals surface area contributed by atoms with Gasteiger partial charge in [-0.15, -0.1) is 0 Å². The molecule has 0 N–H and O–H groups in total. The Morgan fingerprint density at radius 3 is 2.81 bits per heavy atom. The Morgan fingerprint density at radius 1 is 1.24 bits per heavy atom. The number of aldehydes is 1. The molecule has 2 fully saturated rings. The molecule has 1 amide bonds. The lowest BCUT2D eigenvalue weighted by molar-refractivity contribution is -0.112. The highest BCUT2D eigenvalue weighted by atomic mass is 16.6. The van der Waals surface area contributed by atoms with Gasteiger partial charge in [0, 0.05) is 19.0 Å². The zero-order valence-electron chi connectivity index (χ0n) is 12.1. The van der Waals surface area contributed by atoms with Gasteiger partial charge in [-0.25, -0.2) is 4.79 Å². The summed E-state index contributed by atoms with van der Waals surface area (Å²) in [7, 11) is 0. The van der Waals surface area contributed by atoms with Gasteiger partial charge in [0.05, 0.1) is 0 Å². The summed E-state index contributed by atoms with van der Waals surface area (Å²) < 4.78 is 5.38. The van der Waals surface area contributed by atoms with Gasteiger partial charge in [0.2, 0.25) is 0 Å². The van der Waals surface area contributed by atoms with Gasteiger partial charge in [0.15, 0.2) is 0 Å². The molecule has 1 heterocycles. The van der Waals surface area contributed by atoms with Crippen molar-refractivity contribution in [3.8, 4) is 0 Å². The summed E-state index contributed by atoms with van der Waals surface area (Å²) in [6.07, 6.45) is 3.92. The average Bonchev–Trinajstić information content (AvgIpc) is 2.95. The van der Waals surface area contributed by atoms with Crippen LogP contribution >= 0.6 is 0 Å². The van der Waals surface area contributed by atoms with Crippen LogP contribution in [0.25, 0.3) is 0 Å². The van der Waals surface area contributed by atoms with Crippen molar-refractivity contribution >= 4 is 12.4 Å². The summed E-state index contributed by atoms with van der Waals surface area (Å²) in [5.74, 6) is 1.07. The van der Waals surface area contributed by atoms with Gasteiger partial charge in [-0.1, -0.05) is 30.3 Å². The SMILES string of the molecule is O=C[C@H]1CC[C@H]2CCN(C(=O)OCc3ccccc3)C[C@H]21. The van der Waals surface area contributed by atoms with Crippen LogP contribution in [0.1, 0.15) is 24.8 Å². The first kappa shape index (κ1) is 14.1. The predicted octanol–water partition coefficient (Wildman–Crippen LogP) is 2.87. The molecule has 4 heteroatoms. The Kier molecular flexibility index (Phi) is 4.23. The second-order valence-electron chi connectivity index (χ2n) is 6.08. The molecule has 0 spiro atoms. The molecule has 2 aliphatic rings. The molecule has 1 aliphatic carbocycles. The van der Waals surface area contributed by atoms with Crippen molar-refractivity contribution in [3.05, 3.63) is 35.9 Å². The highest BCUT2D eigenvalue weighted by molar-refractivity contribution is 5.68. The number of ether oxygens (including phenoxy) is 1. The smallest absolute Gasteiger partial charge is 0.410 e. The number of rotatable bonds is 3. The van der Waals surface area contributed by atoms with E-state index in [-0.39, 0.29) is 12.0 Å². The van der Waals surface area contributed by atoms with E-state index in [1.165, 1.54) is 0 Å². The maximum absolute atomic E-state index is 12.2. The third kappa shape index (κ3) is 3.09. The fourth-order valence-electron chi connectivity index (χ4n) is 3.64. The summed E-state index contributed by atoms with van der Waals surface area (Å²) in [6.45, 7) is 1.73. The minimum atomic E-state index is -0.256. The summed E-state index contributed by atoms with van der Waals surface area (Å²) in [5.41, 5.74) is 0.993. The van der Waals surface area contributed by atoms with Gasteiger partial charge in [-0.05, 0) is 36.7 Å². The number of benzene rings is 1. The number of likely N-dealkylation sites (tertiary alicyclic amines) is 1. The van der Waals surface area contributed by atoms with E-state index in [0.717, 1.165) is 37.7 Å². The molecule has 3 atom stereocenters. The van der Waals surface area contributed by atoms with Crippen LogP contribution in [0.3, 0.4) is 0 Å². The molecule has 112 valence electrons. The van der Waals surface area contributed by atoms with Crippen LogP contribution < -0.4 is 0 Å². The number of carbonyl (C=O) groups is 2. The monoisotopic (exact) mass is 287 g/mol. The van der Waals surface area contributed by atoms with E-state index in [1.54, 1.807) is 4.90 Å². The standard InChI is InChI=1S/C17H21NO3/c19-11-15-7-6-14-8-9-18(10-16(14)15)17(20)21-12-13-4-2-1-3-5-13/h1-5,11,14-16H,6-10,12H2/t14-,15+,16+/m0/s1. The third-order valence-electron chi connectivity index (χ3n) is 4.87. The Bertz CT molecular complexity index is 502. The first-order valence-electron chi connectivity index (χ1n) is 7.69. The van der Waals surface area contributed by atoms with Crippen molar-refractivity contribution in [2.24, 2.45) is 17.8 Å². The summed E-state index contributed by atoms with van der Waals surface area (Å²) in [4.78, 5) is 25.1. The molecule has 1 aliphatic heterocycles. The maximum atomic E-state index is 12.2. The zero-order valence-corrected chi connectivity index (χ0v) is 12.1. The molecule has 1 aromatic carbocycles. The number of amides is 1. The second-order valence-corrected chi connectivity index (χ2v) is 6.08. The van der Waals surface area contributed by atoms with Crippen LogP contribution in [-0.4, -0.2) is 30.4 Å². The lowest BCUT2D eigenvalue weighted by Crippen LogP contribution is -2.44. The molecule has 1 saturated carbocycles. The van der Waals surface area contributed by atoms with E-state index in [1.807, 2.05) is 30.3 Å². The van der Waals surface area contributed by atoms with Crippen molar-refractivity contribution in [1.82, 2.24) is 4.90 Å². The van der Waals surface area contributed by atoms with Gasteiger partial charge >= 0.3 is 6.09 Å². The molecule has 0 unspecified atom stereocenters. The number of hydrogen-bond donors (Lipinski definition) is 0. The number of fused-ring (bicyclic) bond motifs is 1. The molecule has 4 nitrogen and oxygen atoms in total. The van der Waals surface area contributed by atoms with Crippen LogP contribution in [0.2, 0.25) is 0 Å². The molecule has 0 aromatic heterocycles. The molecule has 21 heavy (non-hydrogen) atoms. The molecule has 0 radical (unpaired) electrons. The first-order chi connectivity index (χ1) is 10.3. The molecular formula is C17H21NO3. The van der Waals surface area contributed by atoms with Gasteiger partial charge in [0.25, 0.3) is 0 Å². The van der Waals surface area contributed by atoms with E-state index < -0.39 is 0 Å². The maximum Gasteiger partial charge on any atom is 0.410 e. The van der Waals surface area contributed by atoms with Gasteiger partial charge in [0.1, 0.15) is 12.9 Å². The lowest BCUT2D eigenvalue weighted by atomic mass is 9.85. The molecule has 1 saturated heterocycles. The van der Waals surface area contributed by atoms with Crippen LogP contribution in [0.5, 0.6) is 0 Å². The largest absolute Gasteiger partial charge is 0.445 e. The second kappa shape index (κ2) is 6.29. The molecule has 3 rings (SSSR count). The highest BCUT2D eigenvalue weighted by Crippen LogP contribution is 2.41. The Labute approximate surface area is 125 Å². The van der Waals surface area contributed by atoms with E-state index >= 15 is 0 Å². The predicted molar refractivity (Wildman–Crippen MR) is 78.6 cm³/mol. The lowest BCUT2D eigenvalue weighted by Gasteiger charge is -2.35. The minimum Gasteiger partial charge on any atom is -0.445 e. The van der Waals surface area contributed by atoms with Crippen LogP contribution in [0.4, 0.5) is 4.79 Å². The van der Waals surface area contributed by atoms with Crippen molar-refractivity contribution < 1.29 is 14.3 Å². The minimum absolute atomic E-state index is 0.125. The zero-order chi connectivity index (χ0) is 14.7. The molecule has 0 bridgehead atoms.